The van der Waals surface area contributed by atoms with Gasteiger partial charge in [-0.3, -0.25) is 9.48 Å². The smallest absolute Gasteiger partial charge is 0.255 e. The second kappa shape index (κ2) is 6.07. The maximum Gasteiger partial charge on any atom is 0.255 e. The molecule has 0 aliphatic rings. The van der Waals surface area contributed by atoms with Gasteiger partial charge in [-0.15, -0.1) is 0 Å². The number of carbonyl (C=O) groups is 1. The second-order valence-corrected chi connectivity index (χ2v) is 7.54. The van der Waals surface area contributed by atoms with E-state index in [0.717, 1.165) is 17.8 Å². The Morgan fingerprint density at radius 1 is 1.42 bits per heavy atom. The molecule has 1 unspecified atom stereocenters. The molecule has 0 aliphatic carbocycles. The first kappa shape index (κ1) is 16.2. The predicted octanol–water partition coefficient (Wildman–Crippen LogP) is 2.97. The van der Waals surface area contributed by atoms with Crippen molar-refractivity contribution in [2.45, 2.75) is 45.9 Å². The van der Waals surface area contributed by atoms with Crippen molar-refractivity contribution in [2.75, 3.05) is 6.54 Å². The summed E-state index contributed by atoms with van der Waals surface area (Å²) in [5.74, 6) is -0.0403. The summed E-state index contributed by atoms with van der Waals surface area (Å²) in [7, 11) is 1.85. The van der Waals surface area contributed by atoms with Crippen molar-refractivity contribution in [1.29, 1.82) is 0 Å². The molecule has 1 N–H and O–H groups in total. The van der Waals surface area contributed by atoms with Crippen molar-refractivity contribution in [1.82, 2.24) is 15.1 Å². The van der Waals surface area contributed by atoms with Crippen LogP contribution < -0.4 is 5.32 Å². The van der Waals surface area contributed by atoms with Crippen LogP contribution in [0, 0.1) is 19.3 Å². The summed E-state index contributed by atoms with van der Waals surface area (Å²) >= 11 is 3.62. The van der Waals surface area contributed by atoms with E-state index in [9.17, 15) is 4.79 Å². The molecule has 0 saturated carbocycles. The first-order chi connectivity index (χ1) is 8.61. The summed E-state index contributed by atoms with van der Waals surface area (Å²) in [6.07, 6.45) is 1.01. The van der Waals surface area contributed by atoms with E-state index in [4.69, 9.17) is 0 Å². The molecule has 1 atom stereocenters. The summed E-state index contributed by atoms with van der Waals surface area (Å²) < 4.78 is 1.74. The summed E-state index contributed by atoms with van der Waals surface area (Å²) in [4.78, 5) is 12.5. The number of carbonyl (C=O) groups excluding carboxylic acids is 1. The normalized spacial score (nSPS) is 13.4. The van der Waals surface area contributed by atoms with E-state index in [1.165, 1.54) is 0 Å². The van der Waals surface area contributed by atoms with Gasteiger partial charge in [-0.25, -0.2) is 0 Å². The fourth-order valence-corrected chi connectivity index (χ4v) is 3.26. The Kier molecular flexibility index (Phi) is 5.18. The van der Waals surface area contributed by atoms with E-state index in [1.807, 2.05) is 20.9 Å². The lowest BCUT2D eigenvalue weighted by Crippen LogP contribution is -2.32. The molecule has 0 aromatic carbocycles. The largest absolute Gasteiger partial charge is 0.351 e. The van der Waals surface area contributed by atoms with E-state index < -0.39 is 0 Å². The summed E-state index contributed by atoms with van der Waals surface area (Å²) in [6.45, 7) is 11.0. The van der Waals surface area contributed by atoms with Gasteiger partial charge in [-0.1, -0.05) is 36.7 Å². The maximum absolute atomic E-state index is 12.2. The number of halogens is 1. The van der Waals surface area contributed by atoms with Crippen LogP contribution in [0.2, 0.25) is 0 Å². The predicted molar refractivity (Wildman–Crippen MR) is 81.8 cm³/mol. The molecule has 108 valence electrons. The van der Waals surface area contributed by atoms with Crippen molar-refractivity contribution in [3.8, 4) is 0 Å². The highest BCUT2D eigenvalue weighted by atomic mass is 79.9. The van der Waals surface area contributed by atoms with Gasteiger partial charge in [0.1, 0.15) is 0 Å². The molecular weight excluding hydrogens is 306 g/mol. The van der Waals surface area contributed by atoms with Gasteiger partial charge in [0.05, 0.1) is 11.3 Å². The quantitative estimate of drug-likeness (QED) is 0.863. The minimum absolute atomic E-state index is 0.0403. The fourth-order valence-electron chi connectivity index (χ4n) is 2.13. The second-order valence-electron chi connectivity index (χ2n) is 6.24. The molecule has 19 heavy (non-hydrogen) atoms. The highest BCUT2D eigenvalue weighted by Gasteiger charge is 2.20. The van der Waals surface area contributed by atoms with Crippen LogP contribution in [-0.4, -0.2) is 27.1 Å². The highest BCUT2D eigenvalue weighted by Crippen LogP contribution is 2.24. The number of hydrogen-bond acceptors (Lipinski definition) is 2. The third kappa shape index (κ3) is 4.64. The Hall–Kier alpha value is -0.840. The van der Waals surface area contributed by atoms with E-state index in [0.29, 0.717) is 12.1 Å². The maximum atomic E-state index is 12.2. The number of amides is 1. The van der Waals surface area contributed by atoms with E-state index in [-0.39, 0.29) is 16.1 Å². The third-order valence-electron chi connectivity index (χ3n) is 3.05. The van der Waals surface area contributed by atoms with Crippen LogP contribution >= 0.6 is 15.9 Å². The molecule has 5 heteroatoms. The summed E-state index contributed by atoms with van der Waals surface area (Å²) in [5.41, 5.74) is 2.62. The SMILES string of the molecule is Cc1nn(C)c(C)c1C(=O)NCC(Br)CC(C)(C)C. The van der Waals surface area contributed by atoms with Gasteiger partial charge in [0, 0.05) is 24.1 Å². The first-order valence-corrected chi connectivity index (χ1v) is 7.46. The van der Waals surface area contributed by atoms with Crippen LogP contribution in [0.1, 0.15) is 48.9 Å². The van der Waals surface area contributed by atoms with Crippen LogP contribution in [0.25, 0.3) is 0 Å². The number of hydrogen-bond donors (Lipinski definition) is 1. The molecule has 0 bridgehead atoms. The minimum atomic E-state index is -0.0403. The van der Waals surface area contributed by atoms with E-state index >= 15 is 0 Å². The van der Waals surface area contributed by atoms with Crippen LogP contribution in [0.4, 0.5) is 0 Å². The number of nitrogens with zero attached hydrogens (tertiary/aromatic N) is 2. The van der Waals surface area contributed by atoms with Crippen LogP contribution in [0.3, 0.4) is 0 Å². The molecule has 0 spiro atoms. The summed E-state index contributed by atoms with van der Waals surface area (Å²) in [6, 6.07) is 0. The van der Waals surface area contributed by atoms with E-state index in [2.05, 4.69) is 47.1 Å². The van der Waals surface area contributed by atoms with Crippen molar-refractivity contribution in [2.24, 2.45) is 12.5 Å². The van der Waals surface area contributed by atoms with Crippen molar-refractivity contribution < 1.29 is 4.79 Å². The number of aromatic nitrogens is 2. The zero-order chi connectivity index (χ0) is 14.8. The third-order valence-corrected chi connectivity index (χ3v) is 3.70. The average molecular weight is 330 g/mol. The average Bonchev–Trinajstić information content (AvgIpc) is 2.47. The standard InChI is InChI=1S/C14H24BrN3O/c1-9-12(10(2)18(6)17-9)13(19)16-8-11(15)7-14(3,4)5/h11H,7-8H2,1-6H3,(H,16,19). The zero-order valence-electron chi connectivity index (χ0n) is 12.7. The van der Waals surface area contributed by atoms with Gasteiger partial charge < -0.3 is 5.32 Å². The van der Waals surface area contributed by atoms with Gasteiger partial charge in [0.25, 0.3) is 5.91 Å². The number of aryl methyl sites for hydroxylation is 2. The Bertz CT molecular complexity index is 460. The molecule has 0 radical (unpaired) electrons. The van der Waals surface area contributed by atoms with Crippen LogP contribution in [0.15, 0.2) is 0 Å². The molecule has 1 rings (SSSR count). The van der Waals surface area contributed by atoms with E-state index in [1.54, 1.807) is 4.68 Å². The molecule has 0 aliphatic heterocycles. The number of alkyl halides is 1. The number of rotatable bonds is 4. The summed E-state index contributed by atoms with van der Waals surface area (Å²) in [5, 5.41) is 7.24. The first-order valence-electron chi connectivity index (χ1n) is 6.54. The van der Waals surface area contributed by atoms with Crippen LogP contribution in [-0.2, 0) is 7.05 Å². The van der Waals surface area contributed by atoms with Crippen molar-refractivity contribution >= 4 is 21.8 Å². The molecular formula is C14H24BrN3O. The minimum Gasteiger partial charge on any atom is -0.351 e. The molecule has 0 fully saturated rings. The van der Waals surface area contributed by atoms with Gasteiger partial charge in [0.15, 0.2) is 0 Å². The van der Waals surface area contributed by atoms with Crippen LogP contribution in [0.5, 0.6) is 0 Å². The highest BCUT2D eigenvalue weighted by molar-refractivity contribution is 9.09. The van der Waals surface area contributed by atoms with Gasteiger partial charge >= 0.3 is 0 Å². The van der Waals surface area contributed by atoms with Gasteiger partial charge in [-0.05, 0) is 25.7 Å². The van der Waals surface area contributed by atoms with Gasteiger partial charge in [0.2, 0.25) is 0 Å². The molecule has 1 heterocycles. The van der Waals surface area contributed by atoms with Crippen molar-refractivity contribution in [3.63, 3.8) is 0 Å². The molecule has 4 nitrogen and oxygen atoms in total. The van der Waals surface area contributed by atoms with Gasteiger partial charge in [-0.2, -0.15) is 5.10 Å². The topological polar surface area (TPSA) is 46.9 Å². The zero-order valence-corrected chi connectivity index (χ0v) is 14.3. The Morgan fingerprint density at radius 2 is 2.00 bits per heavy atom. The molecule has 1 aromatic rings. The molecule has 1 amide bonds. The Morgan fingerprint density at radius 3 is 2.42 bits per heavy atom. The number of nitrogens with one attached hydrogen (secondary N) is 1. The van der Waals surface area contributed by atoms with Crippen molar-refractivity contribution in [3.05, 3.63) is 17.0 Å². The monoisotopic (exact) mass is 329 g/mol. The Balaban J connectivity index is 2.61. The molecule has 1 aromatic heterocycles. The lowest BCUT2D eigenvalue weighted by Gasteiger charge is -2.22. The molecule has 0 saturated heterocycles. The Labute approximate surface area is 124 Å². The lowest BCUT2D eigenvalue weighted by molar-refractivity contribution is 0.0951. The lowest BCUT2D eigenvalue weighted by atomic mass is 9.90. The fraction of sp³-hybridized carbons (Fsp3) is 0.714.